The molecule has 162 valence electrons. The first kappa shape index (κ1) is 22.5. The highest BCUT2D eigenvalue weighted by molar-refractivity contribution is 9.10. The molecule has 0 saturated heterocycles. The zero-order valence-corrected chi connectivity index (χ0v) is 18.2. The van der Waals surface area contributed by atoms with Gasteiger partial charge in [0.05, 0.1) is 10.8 Å². The van der Waals surface area contributed by atoms with Crippen LogP contribution in [-0.2, 0) is 17.9 Å². The molecule has 9 heteroatoms. The molecule has 1 heterocycles. The molecular weight excluding hydrogens is 469 g/mol. The number of aryl methyl sites for hydroxylation is 1. The number of hydrogen-bond donors (Lipinski definition) is 1. The predicted octanol–water partition coefficient (Wildman–Crippen LogP) is 3.98. The number of aromatic carboxylic acids is 1. The van der Waals surface area contributed by atoms with Crippen LogP contribution in [-0.4, -0.2) is 44.6 Å². The quantitative estimate of drug-likeness (QED) is 0.465. The third kappa shape index (κ3) is 6.14. The number of carbonyl (C=O) groups is 2. The number of para-hydroxylation sites is 1. The molecule has 0 saturated carbocycles. The Labute approximate surface area is 187 Å². The number of amides is 1. The SMILES string of the molecule is O=C(O)c1cccc(Br)c1OCC(=O)N(CCCn1ccnc1)Cc1ccccc1F. The first-order valence-corrected chi connectivity index (χ1v) is 10.4. The third-order valence-corrected chi connectivity index (χ3v) is 5.24. The Kier molecular flexibility index (Phi) is 7.77. The molecule has 1 aromatic heterocycles. The Morgan fingerprint density at radius 2 is 2.00 bits per heavy atom. The van der Waals surface area contributed by atoms with Crippen LogP contribution < -0.4 is 4.74 Å². The van der Waals surface area contributed by atoms with Crippen molar-refractivity contribution in [1.29, 1.82) is 0 Å². The van der Waals surface area contributed by atoms with Gasteiger partial charge in [-0.3, -0.25) is 4.79 Å². The summed E-state index contributed by atoms with van der Waals surface area (Å²) in [5, 5.41) is 9.35. The lowest BCUT2D eigenvalue weighted by Crippen LogP contribution is -2.36. The number of nitrogens with zero attached hydrogens (tertiary/aromatic N) is 3. The van der Waals surface area contributed by atoms with E-state index >= 15 is 0 Å². The van der Waals surface area contributed by atoms with E-state index in [1.54, 1.807) is 42.9 Å². The van der Waals surface area contributed by atoms with E-state index in [2.05, 4.69) is 20.9 Å². The van der Waals surface area contributed by atoms with Crippen LogP contribution in [0.5, 0.6) is 5.75 Å². The van der Waals surface area contributed by atoms with Crippen LogP contribution in [0, 0.1) is 5.82 Å². The number of hydrogen-bond acceptors (Lipinski definition) is 4. The summed E-state index contributed by atoms with van der Waals surface area (Å²) in [5.41, 5.74) is 0.341. The highest BCUT2D eigenvalue weighted by Crippen LogP contribution is 2.29. The van der Waals surface area contributed by atoms with Crippen molar-refractivity contribution in [2.24, 2.45) is 0 Å². The average Bonchev–Trinajstić information content (AvgIpc) is 3.26. The molecule has 2 aromatic carbocycles. The summed E-state index contributed by atoms with van der Waals surface area (Å²) < 4.78 is 22.0. The minimum absolute atomic E-state index is 0.0528. The zero-order chi connectivity index (χ0) is 22.2. The highest BCUT2D eigenvalue weighted by Gasteiger charge is 2.19. The van der Waals surface area contributed by atoms with Gasteiger partial charge in [-0.15, -0.1) is 0 Å². The van der Waals surface area contributed by atoms with Gasteiger partial charge in [0.15, 0.2) is 6.61 Å². The molecule has 0 radical (unpaired) electrons. The van der Waals surface area contributed by atoms with Crippen molar-refractivity contribution in [3.63, 3.8) is 0 Å². The molecule has 3 aromatic rings. The second-order valence-corrected chi connectivity index (χ2v) is 7.63. The Morgan fingerprint density at radius 1 is 1.19 bits per heavy atom. The van der Waals surface area contributed by atoms with Crippen molar-refractivity contribution in [3.8, 4) is 5.75 Å². The van der Waals surface area contributed by atoms with Crippen LogP contribution in [0.25, 0.3) is 0 Å². The van der Waals surface area contributed by atoms with Gasteiger partial charge in [0, 0.05) is 37.6 Å². The number of carbonyl (C=O) groups excluding carboxylic acids is 1. The van der Waals surface area contributed by atoms with Gasteiger partial charge >= 0.3 is 5.97 Å². The summed E-state index contributed by atoms with van der Waals surface area (Å²) in [6.45, 7) is 0.731. The zero-order valence-electron chi connectivity index (χ0n) is 16.6. The van der Waals surface area contributed by atoms with E-state index in [9.17, 15) is 19.1 Å². The number of aromatic nitrogens is 2. The van der Waals surface area contributed by atoms with Crippen molar-refractivity contribution >= 4 is 27.8 Å². The van der Waals surface area contributed by atoms with Crippen LogP contribution in [0.4, 0.5) is 4.39 Å². The Morgan fingerprint density at radius 3 is 2.71 bits per heavy atom. The Balaban J connectivity index is 1.71. The highest BCUT2D eigenvalue weighted by atomic mass is 79.9. The molecule has 1 amide bonds. The van der Waals surface area contributed by atoms with Crippen molar-refractivity contribution in [2.45, 2.75) is 19.5 Å². The normalized spacial score (nSPS) is 10.6. The predicted molar refractivity (Wildman–Crippen MR) is 115 cm³/mol. The molecule has 0 bridgehead atoms. The average molecular weight is 490 g/mol. The molecule has 0 spiro atoms. The van der Waals surface area contributed by atoms with Gasteiger partial charge in [0.1, 0.15) is 17.1 Å². The molecule has 0 aliphatic carbocycles. The first-order chi connectivity index (χ1) is 15.0. The maximum Gasteiger partial charge on any atom is 0.339 e. The number of halogens is 2. The number of imidazole rings is 1. The Hall–Kier alpha value is -3.20. The molecule has 0 unspecified atom stereocenters. The third-order valence-electron chi connectivity index (χ3n) is 4.61. The smallest absolute Gasteiger partial charge is 0.339 e. The van der Waals surface area contributed by atoms with Crippen LogP contribution in [0.3, 0.4) is 0 Å². The Bertz CT molecular complexity index is 1040. The van der Waals surface area contributed by atoms with Crippen molar-refractivity contribution in [1.82, 2.24) is 14.5 Å². The first-order valence-electron chi connectivity index (χ1n) is 9.57. The van der Waals surface area contributed by atoms with E-state index < -0.39 is 11.8 Å². The number of ether oxygens (including phenoxy) is 1. The lowest BCUT2D eigenvalue weighted by atomic mass is 10.2. The summed E-state index contributed by atoms with van der Waals surface area (Å²) >= 11 is 3.26. The molecule has 1 N–H and O–H groups in total. The topological polar surface area (TPSA) is 84.7 Å². The van der Waals surface area contributed by atoms with Gasteiger partial charge in [0.2, 0.25) is 0 Å². The molecule has 0 atom stereocenters. The van der Waals surface area contributed by atoms with Crippen LogP contribution >= 0.6 is 15.9 Å². The lowest BCUT2D eigenvalue weighted by molar-refractivity contribution is -0.134. The van der Waals surface area contributed by atoms with E-state index in [4.69, 9.17) is 4.74 Å². The van der Waals surface area contributed by atoms with E-state index in [0.29, 0.717) is 29.5 Å². The fraction of sp³-hybridized carbons (Fsp3) is 0.227. The number of carboxylic acid groups (broad SMARTS) is 1. The van der Waals surface area contributed by atoms with Gasteiger partial charge in [-0.05, 0) is 40.5 Å². The lowest BCUT2D eigenvalue weighted by Gasteiger charge is -2.24. The van der Waals surface area contributed by atoms with E-state index in [1.807, 2.05) is 10.8 Å². The fourth-order valence-corrected chi connectivity index (χ4v) is 3.52. The summed E-state index contributed by atoms with van der Waals surface area (Å²) in [6, 6.07) is 10.9. The monoisotopic (exact) mass is 489 g/mol. The number of benzene rings is 2. The van der Waals surface area contributed by atoms with Crippen molar-refractivity contribution in [2.75, 3.05) is 13.2 Å². The molecule has 0 aliphatic heterocycles. The van der Waals surface area contributed by atoms with E-state index in [-0.39, 0.29) is 30.4 Å². The molecule has 0 aliphatic rings. The number of carboxylic acids is 1. The molecule has 31 heavy (non-hydrogen) atoms. The van der Waals surface area contributed by atoms with E-state index in [1.165, 1.54) is 17.0 Å². The minimum atomic E-state index is -1.16. The summed E-state index contributed by atoms with van der Waals surface area (Å²) in [4.78, 5) is 29.8. The van der Waals surface area contributed by atoms with Crippen LogP contribution in [0.2, 0.25) is 0 Å². The van der Waals surface area contributed by atoms with Crippen LogP contribution in [0.15, 0.2) is 65.7 Å². The standard InChI is InChI=1S/C22H21BrFN3O4/c23-18-7-3-6-17(22(29)30)21(18)31-14-20(28)27(11-4-10-26-12-9-25-15-26)13-16-5-1-2-8-19(16)24/h1-3,5-9,12,15H,4,10-11,13-14H2,(H,29,30). The van der Waals surface area contributed by atoms with Crippen molar-refractivity contribution < 1.29 is 23.8 Å². The fourth-order valence-electron chi connectivity index (χ4n) is 3.04. The second kappa shape index (κ2) is 10.7. The molecular formula is C22H21BrFN3O4. The van der Waals surface area contributed by atoms with Gasteiger partial charge < -0.3 is 19.3 Å². The molecule has 7 nitrogen and oxygen atoms in total. The maximum atomic E-state index is 14.2. The van der Waals surface area contributed by atoms with E-state index in [0.717, 1.165) is 0 Å². The maximum absolute atomic E-state index is 14.2. The largest absolute Gasteiger partial charge is 0.482 e. The molecule has 0 fully saturated rings. The van der Waals surface area contributed by atoms with Gasteiger partial charge in [0.25, 0.3) is 5.91 Å². The summed E-state index contributed by atoms with van der Waals surface area (Å²) in [6.07, 6.45) is 5.82. The molecule has 3 rings (SSSR count). The van der Waals surface area contributed by atoms with Gasteiger partial charge in [-0.25, -0.2) is 14.2 Å². The summed E-state index contributed by atoms with van der Waals surface area (Å²) in [5.74, 6) is -1.85. The van der Waals surface area contributed by atoms with Gasteiger partial charge in [-0.1, -0.05) is 24.3 Å². The van der Waals surface area contributed by atoms with Crippen LogP contribution in [0.1, 0.15) is 22.3 Å². The van der Waals surface area contributed by atoms with Crippen molar-refractivity contribution in [3.05, 3.63) is 82.6 Å². The second-order valence-electron chi connectivity index (χ2n) is 6.77. The summed E-state index contributed by atoms with van der Waals surface area (Å²) in [7, 11) is 0. The number of rotatable bonds is 10. The minimum Gasteiger partial charge on any atom is -0.482 e. The van der Waals surface area contributed by atoms with Gasteiger partial charge in [-0.2, -0.15) is 0 Å².